The summed E-state index contributed by atoms with van der Waals surface area (Å²) in [5, 5.41) is 14.2. The number of hydrogen-bond acceptors (Lipinski definition) is 6. The monoisotopic (exact) mass is 554 g/mol. The minimum Gasteiger partial charge on any atom is -0.497 e. The summed E-state index contributed by atoms with van der Waals surface area (Å²) in [6.07, 6.45) is -3.98. The Hall–Kier alpha value is -3.39. The zero-order valence-corrected chi connectivity index (χ0v) is 20.5. The van der Waals surface area contributed by atoms with E-state index < -0.39 is 24.3 Å². The van der Waals surface area contributed by atoms with Crippen LogP contribution in [0.1, 0.15) is 17.5 Å². The summed E-state index contributed by atoms with van der Waals surface area (Å²) in [6, 6.07) is 12.6. The van der Waals surface area contributed by atoms with Crippen molar-refractivity contribution in [1.29, 1.82) is 0 Å². The molecule has 0 spiro atoms. The van der Waals surface area contributed by atoms with Gasteiger partial charge in [-0.05, 0) is 48.2 Å². The van der Waals surface area contributed by atoms with Gasteiger partial charge in [-0.2, -0.15) is 26.3 Å². The molecule has 1 aromatic carbocycles. The van der Waals surface area contributed by atoms with Gasteiger partial charge in [-0.25, -0.2) is 9.59 Å². The van der Waals surface area contributed by atoms with E-state index in [1.807, 2.05) is 31.6 Å². The number of carboxylic acid groups (broad SMARTS) is 2. The van der Waals surface area contributed by atoms with Crippen LogP contribution in [0.2, 0.25) is 0 Å². The number of nitrogens with zero attached hydrogens (tertiary/aromatic N) is 2. The third-order valence-electron chi connectivity index (χ3n) is 5.35. The first-order chi connectivity index (χ1) is 17.7. The Balaban J connectivity index is 0.000000426. The fourth-order valence-corrected chi connectivity index (χ4v) is 3.55. The van der Waals surface area contributed by atoms with Gasteiger partial charge >= 0.3 is 24.3 Å². The Bertz CT molecular complexity index is 963. The number of rotatable bonds is 6. The van der Waals surface area contributed by atoms with Gasteiger partial charge < -0.3 is 19.7 Å². The summed E-state index contributed by atoms with van der Waals surface area (Å²) in [6.45, 7) is 3.13. The van der Waals surface area contributed by atoms with E-state index in [1.54, 1.807) is 7.11 Å². The number of aromatic nitrogens is 1. The molecule has 2 heterocycles. The second kappa shape index (κ2) is 15.1. The first-order valence-corrected chi connectivity index (χ1v) is 11.0. The third-order valence-corrected chi connectivity index (χ3v) is 5.35. The van der Waals surface area contributed by atoms with Crippen molar-refractivity contribution in [3.05, 3.63) is 59.9 Å². The number of halogens is 6. The molecule has 0 radical (unpaired) electrons. The lowest BCUT2D eigenvalue weighted by atomic mass is 9.88. The highest BCUT2D eigenvalue weighted by atomic mass is 19.4. The van der Waals surface area contributed by atoms with Gasteiger partial charge in [0.05, 0.1) is 13.2 Å². The molecule has 0 bridgehead atoms. The lowest BCUT2D eigenvalue weighted by Gasteiger charge is -2.38. The molecule has 1 aliphatic rings. The van der Waals surface area contributed by atoms with Crippen molar-refractivity contribution in [1.82, 2.24) is 9.88 Å². The smallest absolute Gasteiger partial charge is 0.490 e. The highest BCUT2D eigenvalue weighted by Gasteiger charge is 2.38. The number of piperidine rings is 1. The second-order valence-corrected chi connectivity index (χ2v) is 8.07. The van der Waals surface area contributed by atoms with Crippen molar-refractivity contribution in [2.45, 2.75) is 37.8 Å². The maximum absolute atomic E-state index is 10.6. The molecule has 3 rings (SSSR count). The molecule has 2 N–H and O–H groups in total. The molecular formula is C24H28F6N2O6. The number of carboxylic acids is 2. The average molecular weight is 554 g/mol. The first-order valence-electron chi connectivity index (χ1n) is 11.0. The number of benzene rings is 1. The molecule has 0 unspecified atom stereocenters. The number of pyridine rings is 1. The van der Waals surface area contributed by atoms with E-state index in [2.05, 4.69) is 34.1 Å². The molecule has 8 nitrogen and oxygen atoms in total. The van der Waals surface area contributed by atoms with Gasteiger partial charge in [-0.15, -0.1) is 0 Å². The standard InChI is InChI=1S/C20H26N2O2.2C2HF3O2/c1-23-19-5-3-16(4-6-19)13-18-15-22(12-9-20(18)24-2)14-17-7-10-21-11-8-17;2*3-2(4,5)1(6)7/h3-8,10-11,18,20H,9,12-15H2,1-2H3;2*(H,6,7)/t18-,20+;;/m0../s1. The second-order valence-electron chi connectivity index (χ2n) is 8.07. The number of likely N-dealkylation sites (tertiary alicyclic amines) is 1. The Morgan fingerprint density at radius 2 is 1.42 bits per heavy atom. The Morgan fingerprint density at radius 1 is 0.921 bits per heavy atom. The SMILES string of the molecule is COc1ccc(C[C@H]2CN(Cc3ccncc3)CC[C@H]2OC)cc1.O=C(O)C(F)(F)F.O=C(O)C(F)(F)F. The molecule has 212 valence electrons. The van der Waals surface area contributed by atoms with Crippen LogP contribution < -0.4 is 4.74 Å². The maximum atomic E-state index is 10.6. The third kappa shape index (κ3) is 12.2. The van der Waals surface area contributed by atoms with E-state index in [4.69, 9.17) is 29.3 Å². The topological polar surface area (TPSA) is 109 Å². The fourth-order valence-electron chi connectivity index (χ4n) is 3.55. The van der Waals surface area contributed by atoms with Crippen molar-refractivity contribution < 1.29 is 55.6 Å². The molecule has 1 fully saturated rings. The van der Waals surface area contributed by atoms with E-state index in [-0.39, 0.29) is 0 Å². The van der Waals surface area contributed by atoms with E-state index >= 15 is 0 Å². The number of aliphatic carboxylic acids is 2. The molecule has 0 amide bonds. The lowest BCUT2D eigenvalue weighted by Crippen LogP contribution is -2.44. The first kappa shape index (κ1) is 32.6. The van der Waals surface area contributed by atoms with Gasteiger partial charge in [0.2, 0.25) is 0 Å². The fraction of sp³-hybridized carbons (Fsp3) is 0.458. The van der Waals surface area contributed by atoms with Crippen LogP contribution in [0.25, 0.3) is 0 Å². The van der Waals surface area contributed by atoms with Gasteiger partial charge in [-0.1, -0.05) is 12.1 Å². The predicted octanol–water partition coefficient (Wildman–Crippen LogP) is 4.44. The Labute approximate surface area is 214 Å². The van der Waals surface area contributed by atoms with Crippen LogP contribution >= 0.6 is 0 Å². The van der Waals surface area contributed by atoms with Crippen molar-refractivity contribution in [3.8, 4) is 5.75 Å². The Morgan fingerprint density at radius 3 is 1.84 bits per heavy atom. The summed E-state index contributed by atoms with van der Waals surface area (Å²) in [7, 11) is 3.54. The average Bonchev–Trinajstić information content (AvgIpc) is 2.85. The van der Waals surface area contributed by atoms with Crippen LogP contribution in [-0.2, 0) is 27.3 Å². The summed E-state index contributed by atoms with van der Waals surface area (Å²) in [5.74, 6) is -4.09. The zero-order chi connectivity index (χ0) is 28.9. The summed E-state index contributed by atoms with van der Waals surface area (Å²) < 4.78 is 74.5. The number of ether oxygens (including phenoxy) is 2. The van der Waals surface area contributed by atoms with Crippen LogP contribution in [-0.4, -0.2) is 77.8 Å². The minimum atomic E-state index is -5.08. The van der Waals surface area contributed by atoms with E-state index in [1.165, 1.54) is 11.1 Å². The van der Waals surface area contributed by atoms with Crippen LogP contribution in [0.5, 0.6) is 5.75 Å². The number of alkyl halides is 6. The minimum absolute atomic E-state index is 0.334. The molecule has 2 atom stereocenters. The van der Waals surface area contributed by atoms with E-state index in [9.17, 15) is 26.3 Å². The molecule has 0 saturated carbocycles. The number of hydrogen-bond donors (Lipinski definition) is 2. The lowest BCUT2D eigenvalue weighted by molar-refractivity contribution is -0.193. The zero-order valence-electron chi connectivity index (χ0n) is 20.5. The van der Waals surface area contributed by atoms with Crippen LogP contribution in [0.3, 0.4) is 0 Å². The molecule has 1 saturated heterocycles. The van der Waals surface area contributed by atoms with Gasteiger partial charge in [0.25, 0.3) is 0 Å². The number of methoxy groups -OCH3 is 2. The van der Waals surface area contributed by atoms with Crippen LogP contribution in [0.15, 0.2) is 48.8 Å². The van der Waals surface area contributed by atoms with Crippen molar-refractivity contribution in [3.63, 3.8) is 0 Å². The quantitative estimate of drug-likeness (QED) is 0.505. The predicted molar refractivity (Wildman–Crippen MR) is 122 cm³/mol. The highest BCUT2D eigenvalue weighted by molar-refractivity contribution is 5.73. The van der Waals surface area contributed by atoms with Crippen molar-refractivity contribution in [2.24, 2.45) is 5.92 Å². The van der Waals surface area contributed by atoms with Gasteiger partial charge in [-0.3, -0.25) is 9.88 Å². The maximum Gasteiger partial charge on any atom is 0.490 e. The van der Waals surface area contributed by atoms with E-state index in [0.29, 0.717) is 12.0 Å². The normalized spacial score (nSPS) is 17.8. The molecule has 0 aliphatic carbocycles. The van der Waals surface area contributed by atoms with Gasteiger partial charge in [0, 0.05) is 45.1 Å². The molecule has 14 heteroatoms. The summed E-state index contributed by atoms with van der Waals surface area (Å²) in [5.41, 5.74) is 2.66. The molecular weight excluding hydrogens is 526 g/mol. The molecule has 1 aliphatic heterocycles. The molecule has 1 aromatic heterocycles. The van der Waals surface area contributed by atoms with Gasteiger partial charge in [0.1, 0.15) is 5.75 Å². The van der Waals surface area contributed by atoms with E-state index in [0.717, 1.165) is 38.2 Å². The van der Waals surface area contributed by atoms with Crippen molar-refractivity contribution >= 4 is 11.9 Å². The highest BCUT2D eigenvalue weighted by Crippen LogP contribution is 2.25. The molecule has 2 aromatic rings. The van der Waals surface area contributed by atoms with Gasteiger partial charge in [0.15, 0.2) is 0 Å². The Kier molecular flexibility index (Phi) is 13.0. The van der Waals surface area contributed by atoms with Crippen LogP contribution in [0.4, 0.5) is 26.3 Å². The summed E-state index contributed by atoms with van der Waals surface area (Å²) >= 11 is 0. The molecule has 38 heavy (non-hydrogen) atoms. The summed E-state index contributed by atoms with van der Waals surface area (Å²) in [4.78, 5) is 24.4. The van der Waals surface area contributed by atoms with Crippen molar-refractivity contribution in [2.75, 3.05) is 27.3 Å². The number of carbonyl (C=O) groups is 2. The van der Waals surface area contributed by atoms with Crippen LogP contribution in [0, 0.1) is 5.92 Å². The largest absolute Gasteiger partial charge is 0.497 e.